The molecule has 33 heavy (non-hydrogen) atoms. The van der Waals surface area contributed by atoms with E-state index in [4.69, 9.17) is 14.2 Å². The average molecular weight is 445 g/mol. The molecule has 2 aromatic rings. The van der Waals surface area contributed by atoms with Gasteiger partial charge in [0, 0.05) is 34.8 Å². The molecule has 172 valence electrons. The molecule has 0 heterocycles. The topological polar surface area (TPSA) is 44.8 Å². The zero-order valence-electron chi connectivity index (χ0n) is 19.5. The van der Waals surface area contributed by atoms with Crippen LogP contribution in [0.5, 0.6) is 5.75 Å². The molecule has 0 amide bonds. The summed E-state index contributed by atoms with van der Waals surface area (Å²) in [7, 11) is 1.61. The van der Waals surface area contributed by atoms with E-state index in [-0.39, 0.29) is 18.5 Å². The Labute approximate surface area is 196 Å². The van der Waals surface area contributed by atoms with E-state index in [1.165, 1.54) is 19.3 Å². The molecule has 4 heteroatoms. The molecule has 2 aromatic carbocycles. The number of rotatable bonds is 7. The van der Waals surface area contributed by atoms with E-state index in [2.05, 4.69) is 11.8 Å². The zero-order chi connectivity index (χ0) is 22.8. The van der Waals surface area contributed by atoms with Crippen LogP contribution in [0, 0.1) is 29.6 Å². The molecule has 4 nitrogen and oxygen atoms in total. The van der Waals surface area contributed by atoms with Crippen molar-refractivity contribution < 1.29 is 19.0 Å². The summed E-state index contributed by atoms with van der Waals surface area (Å²) in [4.78, 5) is 12.1. The predicted octanol–water partition coefficient (Wildman–Crippen LogP) is 5.71. The van der Waals surface area contributed by atoms with E-state index in [0.717, 1.165) is 65.7 Å². The third-order valence-corrected chi connectivity index (χ3v) is 7.85. The lowest BCUT2D eigenvalue weighted by molar-refractivity contribution is -0.150. The summed E-state index contributed by atoms with van der Waals surface area (Å²) >= 11 is 0. The van der Waals surface area contributed by atoms with Gasteiger partial charge in [0.05, 0.1) is 0 Å². The lowest BCUT2D eigenvalue weighted by Crippen LogP contribution is -2.49. The highest BCUT2D eigenvalue weighted by atomic mass is 16.7. The van der Waals surface area contributed by atoms with Crippen molar-refractivity contribution in [2.75, 3.05) is 13.9 Å². The van der Waals surface area contributed by atoms with Gasteiger partial charge in [-0.3, -0.25) is 4.79 Å². The van der Waals surface area contributed by atoms with Gasteiger partial charge in [-0.05, 0) is 87.5 Å². The first-order chi connectivity index (χ1) is 16.1. The van der Waals surface area contributed by atoms with Crippen LogP contribution >= 0.6 is 0 Å². The maximum Gasteiger partial charge on any atom is 0.191 e. The Kier molecular flexibility index (Phi) is 6.27. The van der Waals surface area contributed by atoms with Gasteiger partial charge in [-0.25, -0.2) is 0 Å². The fourth-order valence-corrected chi connectivity index (χ4v) is 6.81. The van der Waals surface area contributed by atoms with Crippen LogP contribution in [-0.2, 0) is 14.9 Å². The van der Waals surface area contributed by atoms with E-state index in [1.807, 2.05) is 49.4 Å². The first-order valence-electron chi connectivity index (χ1n) is 12.1. The molecule has 1 atom stereocenters. The molecule has 4 aliphatic carbocycles. The van der Waals surface area contributed by atoms with E-state index >= 15 is 0 Å². The van der Waals surface area contributed by atoms with Crippen molar-refractivity contribution in [3.05, 3.63) is 64.7 Å². The Bertz CT molecular complexity index is 1030. The average Bonchev–Trinajstić information content (AvgIpc) is 2.82. The standard InChI is InChI=1S/C29H32O4/c1-20(31-2)32-19-33-27-11-9-25(18-30)26(10-8-21-6-4-3-5-7-21)28(27)29-15-22-12-23(16-29)14-24(13-22)17-29/h3-7,9,11,18,20,22-24H,12-17,19H2,1-2H3. The molecular weight excluding hydrogens is 412 g/mol. The van der Waals surface area contributed by atoms with Gasteiger partial charge in [0.15, 0.2) is 19.4 Å². The number of benzene rings is 2. The lowest BCUT2D eigenvalue weighted by atomic mass is 9.47. The summed E-state index contributed by atoms with van der Waals surface area (Å²) in [6, 6.07) is 13.7. The number of ether oxygens (including phenoxy) is 3. The molecule has 4 bridgehead atoms. The molecule has 4 saturated carbocycles. The van der Waals surface area contributed by atoms with Crippen molar-refractivity contribution in [2.45, 2.75) is 57.2 Å². The van der Waals surface area contributed by atoms with Gasteiger partial charge >= 0.3 is 0 Å². The molecule has 0 N–H and O–H groups in total. The van der Waals surface area contributed by atoms with Crippen LogP contribution in [0.25, 0.3) is 0 Å². The lowest BCUT2D eigenvalue weighted by Gasteiger charge is -2.57. The fourth-order valence-electron chi connectivity index (χ4n) is 6.81. The summed E-state index contributed by atoms with van der Waals surface area (Å²) in [6.07, 6.45) is 8.12. The first kappa shape index (κ1) is 22.2. The second kappa shape index (κ2) is 9.33. The summed E-state index contributed by atoms with van der Waals surface area (Å²) in [5.74, 6) is 9.80. The Hall–Kier alpha value is -2.61. The van der Waals surface area contributed by atoms with Crippen molar-refractivity contribution in [1.82, 2.24) is 0 Å². The second-order valence-electron chi connectivity index (χ2n) is 10.1. The summed E-state index contributed by atoms with van der Waals surface area (Å²) < 4.78 is 17.0. The maximum absolute atomic E-state index is 12.1. The molecule has 4 fully saturated rings. The Morgan fingerprint density at radius 3 is 2.27 bits per heavy atom. The van der Waals surface area contributed by atoms with E-state index in [0.29, 0.717) is 5.56 Å². The van der Waals surface area contributed by atoms with Gasteiger partial charge in [0.2, 0.25) is 0 Å². The molecule has 0 spiro atoms. The van der Waals surface area contributed by atoms with E-state index in [1.54, 1.807) is 7.11 Å². The highest BCUT2D eigenvalue weighted by Crippen LogP contribution is 2.62. The van der Waals surface area contributed by atoms with Crippen molar-refractivity contribution >= 4 is 6.29 Å². The second-order valence-corrected chi connectivity index (χ2v) is 10.1. The van der Waals surface area contributed by atoms with Gasteiger partial charge in [0.25, 0.3) is 0 Å². The largest absolute Gasteiger partial charge is 0.467 e. The smallest absolute Gasteiger partial charge is 0.191 e. The molecular formula is C29H32O4. The number of hydrogen-bond donors (Lipinski definition) is 0. The fraction of sp³-hybridized carbons (Fsp3) is 0.483. The third-order valence-electron chi connectivity index (χ3n) is 7.85. The Morgan fingerprint density at radius 1 is 1.00 bits per heavy atom. The molecule has 0 saturated heterocycles. The van der Waals surface area contributed by atoms with Crippen LogP contribution in [0.4, 0.5) is 0 Å². The van der Waals surface area contributed by atoms with Gasteiger partial charge < -0.3 is 14.2 Å². The molecule has 0 aliphatic heterocycles. The van der Waals surface area contributed by atoms with Gasteiger partial charge in [-0.2, -0.15) is 0 Å². The minimum Gasteiger partial charge on any atom is -0.467 e. The SMILES string of the molecule is COC(C)OCOc1ccc(C=O)c(C#Cc2ccccc2)c1C12CC3CC(CC(C3)C1)C2. The van der Waals surface area contributed by atoms with Crippen molar-refractivity contribution in [3.8, 4) is 17.6 Å². The van der Waals surface area contributed by atoms with Gasteiger partial charge in [-0.1, -0.05) is 30.0 Å². The van der Waals surface area contributed by atoms with Crippen molar-refractivity contribution in [1.29, 1.82) is 0 Å². The number of methoxy groups -OCH3 is 1. The van der Waals surface area contributed by atoms with Gasteiger partial charge in [-0.15, -0.1) is 0 Å². The first-order valence-corrected chi connectivity index (χ1v) is 12.1. The molecule has 0 aromatic heterocycles. The predicted molar refractivity (Wildman–Crippen MR) is 127 cm³/mol. The molecule has 4 aliphatic rings. The Morgan fingerprint density at radius 2 is 1.67 bits per heavy atom. The third kappa shape index (κ3) is 4.45. The quantitative estimate of drug-likeness (QED) is 0.312. The van der Waals surface area contributed by atoms with Crippen molar-refractivity contribution in [3.63, 3.8) is 0 Å². The molecule has 0 radical (unpaired) electrons. The van der Waals surface area contributed by atoms with Crippen molar-refractivity contribution in [2.24, 2.45) is 17.8 Å². The Balaban J connectivity index is 1.60. The highest BCUT2D eigenvalue weighted by Gasteiger charge is 2.53. The highest BCUT2D eigenvalue weighted by molar-refractivity contribution is 5.82. The number of carbonyl (C=O) groups is 1. The maximum atomic E-state index is 12.1. The van der Waals surface area contributed by atoms with E-state index in [9.17, 15) is 4.79 Å². The van der Waals surface area contributed by atoms with Crippen LogP contribution in [0.2, 0.25) is 0 Å². The summed E-state index contributed by atoms with van der Waals surface area (Å²) in [6.45, 7) is 1.94. The van der Waals surface area contributed by atoms with Crippen LogP contribution in [-0.4, -0.2) is 26.5 Å². The van der Waals surface area contributed by atoms with Crippen LogP contribution in [0.1, 0.15) is 72.5 Å². The molecule has 6 rings (SSSR count). The van der Waals surface area contributed by atoms with Gasteiger partial charge in [0.1, 0.15) is 5.75 Å². The van der Waals surface area contributed by atoms with Crippen LogP contribution in [0.15, 0.2) is 42.5 Å². The monoisotopic (exact) mass is 444 g/mol. The number of hydrogen-bond acceptors (Lipinski definition) is 4. The summed E-state index contributed by atoms with van der Waals surface area (Å²) in [5, 5.41) is 0. The number of aldehydes is 1. The zero-order valence-corrected chi connectivity index (χ0v) is 19.5. The van der Waals surface area contributed by atoms with Crippen LogP contribution in [0.3, 0.4) is 0 Å². The minimum atomic E-state index is -0.348. The summed E-state index contributed by atoms with van der Waals surface area (Å²) in [5.41, 5.74) is 3.56. The minimum absolute atomic E-state index is 0.0245. The van der Waals surface area contributed by atoms with E-state index < -0.39 is 0 Å². The molecule has 1 unspecified atom stereocenters. The number of carbonyl (C=O) groups excluding carboxylic acids is 1. The normalized spacial score (nSPS) is 28.1. The van der Waals surface area contributed by atoms with Crippen LogP contribution < -0.4 is 4.74 Å².